The summed E-state index contributed by atoms with van der Waals surface area (Å²) < 4.78 is 2.13. The van der Waals surface area contributed by atoms with Gasteiger partial charge in [-0.3, -0.25) is 9.48 Å². The summed E-state index contributed by atoms with van der Waals surface area (Å²) in [4.78, 5) is 12.7. The molecule has 2 fully saturated rings. The van der Waals surface area contributed by atoms with Crippen molar-refractivity contribution in [1.82, 2.24) is 20.4 Å². The molecule has 0 spiro atoms. The molecule has 0 unspecified atom stereocenters. The number of nitrogens with one attached hydrogen (secondary N) is 2. The van der Waals surface area contributed by atoms with Gasteiger partial charge in [0.2, 0.25) is 0 Å². The molecule has 0 saturated heterocycles. The molecule has 2 N–H and O–H groups in total. The molecule has 24 heavy (non-hydrogen) atoms. The van der Waals surface area contributed by atoms with Crippen LogP contribution in [0.4, 0.5) is 0 Å². The molecule has 1 aromatic rings. The van der Waals surface area contributed by atoms with Crippen molar-refractivity contribution in [2.45, 2.75) is 64.5 Å². The molecule has 4 rings (SSSR count). The zero-order chi connectivity index (χ0) is 15.6. The third kappa shape index (κ3) is 3.94. The van der Waals surface area contributed by atoms with Crippen LogP contribution in [-0.2, 0) is 19.5 Å². The molecular weight excluding hydrogens is 324 g/mol. The SMILES string of the molecule is Cl.O=C(NCC1CCCCC1)c1nn(CC2CC2)c2c1CNCC2. The Balaban J connectivity index is 0.00000169. The van der Waals surface area contributed by atoms with Crippen LogP contribution < -0.4 is 10.6 Å². The van der Waals surface area contributed by atoms with Gasteiger partial charge in [-0.25, -0.2) is 0 Å². The van der Waals surface area contributed by atoms with Gasteiger partial charge >= 0.3 is 0 Å². The molecular formula is C18H29ClN4O. The van der Waals surface area contributed by atoms with E-state index in [-0.39, 0.29) is 18.3 Å². The van der Waals surface area contributed by atoms with Crippen LogP contribution in [0, 0.1) is 11.8 Å². The number of hydrogen-bond acceptors (Lipinski definition) is 3. The number of nitrogens with zero attached hydrogens (tertiary/aromatic N) is 2. The van der Waals surface area contributed by atoms with Crippen LogP contribution in [0.2, 0.25) is 0 Å². The highest BCUT2D eigenvalue weighted by molar-refractivity contribution is 5.94. The van der Waals surface area contributed by atoms with Crippen LogP contribution >= 0.6 is 12.4 Å². The van der Waals surface area contributed by atoms with Crippen LogP contribution in [0.25, 0.3) is 0 Å². The molecule has 0 bridgehead atoms. The lowest BCUT2D eigenvalue weighted by Crippen LogP contribution is -2.32. The van der Waals surface area contributed by atoms with E-state index in [2.05, 4.69) is 15.3 Å². The number of rotatable bonds is 5. The first-order valence-corrected chi connectivity index (χ1v) is 9.38. The van der Waals surface area contributed by atoms with Gasteiger partial charge in [-0.2, -0.15) is 5.10 Å². The molecule has 1 aromatic heterocycles. The Labute approximate surface area is 150 Å². The fourth-order valence-corrected chi connectivity index (χ4v) is 4.01. The number of fused-ring (bicyclic) bond motifs is 1. The number of carbonyl (C=O) groups is 1. The second-order valence-corrected chi connectivity index (χ2v) is 7.54. The number of aromatic nitrogens is 2. The fraction of sp³-hybridized carbons (Fsp3) is 0.778. The molecule has 2 heterocycles. The Morgan fingerprint density at radius 1 is 1.17 bits per heavy atom. The summed E-state index contributed by atoms with van der Waals surface area (Å²) >= 11 is 0. The van der Waals surface area contributed by atoms with Gasteiger partial charge in [0.1, 0.15) is 0 Å². The first-order valence-electron chi connectivity index (χ1n) is 9.38. The lowest BCUT2D eigenvalue weighted by molar-refractivity contribution is 0.0936. The molecule has 134 valence electrons. The highest BCUT2D eigenvalue weighted by atomic mass is 35.5. The summed E-state index contributed by atoms with van der Waals surface area (Å²) in [7, 11) is 0. The second kappa shape index (κ2) is 7.87. The number of hydrogen-bond donors (Lipinski definition) is 2. The van der Waals surface area contributed by atoms with Gasteiger partial charge in [-0.1, -0.05) is 19.3 Å². The van der Waals surface area contributed by atoms with Crippen molar-refractivity contribution in [3.63, 3.8) is 0 Å². The maximum atomic E-state index is 12.7. The zero-order valence-corrected chi connectivity index (χ0v) is 15.2. The normalized spacial score (nSPS) is 21.0. The molecule has 6 heteroatoms. The van der Waals surface area contributed by atoms with Crippen LogP contribution in [0.3, 0.4) is 0 Å². The van der Waals surface area contributed by atoms with E-state index in [1.807, 2.05) is 0 Å². The summed E-state index contributed by atoms with van der Waals surface area (Å²) in [6, 6.07) is 0. The lowest BCUT2D eigenvalue weighted by Gasteiger charge is -2.21. The van der Waals surface area contributed by atoms with E-state index >= 15 is 0 Å². The van der Waals surface area contributed by atoms with Gasteiger partial charge in [0.15, 0.2) is 5.69 Å². The quantitative estimate of drug-likeness (QED) is 0.856. The summed E-state index contributed by atoms with van der Waals surface area (Å²) in [5.74, 6) is 1.48. The molecule has 1 aliphatic heterocycles. The van der Waals surface area contributed by atoms with Gasteiger partial charge in [-0.15, -0.1) is 12.4 Å². The summed E-state index contributed by atoms with van der Waals surface area (Å²) in [5.41, 5.74) is 3.10. The number of halogens is 1. The molecule has 0 radical (unpaired) electrons. The molecule has 2 saturated carbocycles. The first-order chi connectivity index (χ1) is 11.3. The van der Waals surface area contributed by atoms with E-state index in [1.54, 1.807) is 0 Å². The average Bonchev–Trinajstić information content (AvgIpc) is 3.34. The van der Waals surface area contributed by atoms with Crippen LogP contribution in [0.15, 0.2) is 0 Å². The predicted molar refractivity (Wildman–Crippen MR) is 96.5 cm³/mol. The second-order valence-electron chi connectivity index (χ2n) is 7.54. The van der Waals surface area contributed by atoms with Gasteiger partial charge in [0, 0.05) is 43.9 Å². The summed E-state index contributed by atoms with van der Waals surface area (Å²) in [6.45, 7) is 3.59. The van der Waals surface area contributed by atoms with E-state index in [4.69, 9.17) is 5.10 Å². The standard InChI is InChI=1S/C18H28N4O.ClH/c23-18(20-10-13-4-2-1-3-5-13)17-15-11-19-9-8-16(15)22(21-17)12-14-6-7-14;/h13-14,19H,1-12H2,(H,20,23);1H. The van der Waals surface area contributed by atoms with E-state index in [0.717, 1.165) is 44.1 Å². The Morgan fingerprint density at radius 2 is 1.96 bits per heavy atom. The van der Waals surface area contributed by atoms with Crippen molar-refractivity contribution in [3.05, 3.63) is 17.0 Å². The topological polar surface area (TPSA) is 59.0 Å². The zero-order valence-electron chi connectivity index (χ0n) is 14.4. The largest absolute Gasteiger partial charge is 0.350 e. The first kappa shape index (κ1) is 17.7. The maximum absolute atomic E-state index is 12.7. The molecule has 0 aromatic carbocycles. The Hall–Kier alpha value is -1.07. The van der Waals surface area contributed by atoms with Gasteiger partial charge in [0.05, 0.1) is 0 Å². The third-order valence-electron chi connectivity index (χ3n) is 5.63. The minimum Gasteiger partial charge on any atom is -0.350 e. The average molecular weight is 353 g/mol. The highest BCUT2D eigenvalue weighted by Crippen LogP contribution is 2.32. The Kier molecular flexibility index (Phi) is 5.82. The fourth-order valence-electron chi connectivity index (χ4n) is 4.01. The molecule has 5 nitrogen and oxygen atoms in total. The minimum absolute atomic E-state index is 0. The van der Waals surface area contributed by atoms with Crippen molar-refractivity contribution in [3.8, 4) is 0 Å². The monoisotopic (exact) mass is 352 g/mol. The van der Waals surface area contributed by atoms with Crippen molar-refractivity contribution < 1.29 is 4.79 Å². The van der Waals surface area contributed by atoms with Crippen LogP contribution in [0.5, 0.6) is 0 Å². The van der Waals surface area contributed by atoms with Crippen molar-refractivity contribution >= 4 is 18.3 Å². The van der Waals surface area contributed by atoms with Gasteiger partial charge in [0.25, 0.3) is 5.91 Å². The predicted octanol–water partition coefficient (Wildman–Crippen LogP) is 2.67. The highest BCUT2D eigenvalue weighted by Gasteiger charge is 2.29. The van der Waals surface area contributed by atoms with E-state index in [1.165, 1.54) is 50.6 Å². The molecule has 3 aliphatic rings. The summed E-state index contributed by atoms with van der Waals surface area (Å²) in [5, 5.41) is 11.2. The van der Waals surface area contributed by atoms with Crippen LogP contribution in [-0.4, -0.2) is 28.8 Å². The summed E-state index contributed by atoms with van der Waals surface area (Å²) in [6.07, 6.45) is 10.1. The number of amides is 1. The smallest absolute Gasteiger partial charge is 0.272 e. The van der Waals surface area contributed by atoms with E-state index in [9.17, 15) is 4.79 Å². The molecule has 2 aliphatic carbocycles. The van der Waals surface area contributed by atoms with E-state index < -0.39 is 0 Å². The van der Waals surface area contributed by atoms with Crippen molar-refractivity contribution in [2.75, 3.05) is 13.1 Å². The Morgan fingerprint density at radius 3 is 2.71 bits per heavy atom. The van der Waals surface area contributed by atoms with Gasteiger partial charge in [-0.05, 0) is 37.5 Å². The Bertz CT molecular complexity index is 576. The molecule has 0 atom stereocenters. The maximum Gasteiger partial charge on any atom is 0.272 e. The van der Waals surface area contributed by atoms with Crippen molar-refractivity contribution in [2.24, 2.45) is 11.8 Å². The van der Waals surface area contributed by atoms with Crippen LogP contribution in [0.1, 0.15) is 66.7 Å². The van der Waals surface area contributed by atoms with Gasteiger partial charge < -0.3 is 10.6 Å². The third-order valence-corrected chi connectivity index (χ3v) is 5.63. The lowest BCUT2D eigenvalue weighted by atomic mass is 9.89. The minimum atomic E-state index is 0. The molecule has 1 amide bonds. The van der Waals surface area contributed by atoms with Crippen molar-refractivity contribution in [1.29, 1.82) is 0 Å². The number of carbonyl (C=O) groups excluding carboxylic acids is 1. The van der Waals surface area contributed by atoms with E-state index in [0.29, 0.717) is 11.6 Å².